The minimum absolute atomic E-state index is 0.0921. The van der Waals surface area contributed by atoms with Gasteiger partial charge in [0.25, 0.3) is 5.69 Å². The highest BCUT2D eigenvalue weighted by Gasteiger charge is 2.17. The number of rotatable bonds is 5. The average Bonchev–Trinajstić information content (AvgIpc) is 3.03. The van der Waals surface area contributed by atoms with Crippen LogP contribution in [0, 0.1) is 21.4 Å². The van der Waals surface area contributed by atoms with Gasteiger partial charge in [-0.05, 0) is 24.3 Å². The number of nitrogens with one attached hydrogen (secondary N) is 1. The van der Waals surface area contributed by atoms with E-state index in [0.29, 0.717) is 12.2 Å². The maximum absolute atomic E-state index is 11.2. The molecule has 7 heteroatoms. The topological polar surface area (TPSA) is 91.8 Å². The van der Waals surface area contributed by atoms with Gasteiger partial charge in [0.05, 0.1) is 31.8 Å². The van der Waals surface area contributed by atoms with Crippen LogP contribution in [0.4, 0.5) is 11.4 Å². The Morgan fingerprint density at radius 1 is 1.38 bits per heavy atom. The van der Waals surface area contributed by atoms with E-state index in [4.69, 9.17) is 5.26 Å². The number of aromatic nitrogens is 1. The zero-order valence-corrected chi connectivity index (χ0v) is 13.7. The average molecular weight is 338 g/mol. The summed E-state index contributed by atoms with van der Waals surface area (Å²) < 4.78 is 1.13. The standard InChI is InChI=1S/C17H14N4O2S/c1-11(17-20-14-4-2-3-5-16(14)24-17)10-19-13-7-6-12(9-18)8-15(13)21(22)23/h2-8,11,19H,10H2,1H3/t11-/m0/s1. The molecule has 0 saturated carbocycles. The van der Waals surface area contributed by atoms with Crippen LogP contribution in [0.2, 0.25) is 0 Å². The van der Waals surface area contributed by atoms with Crippen molar-refractivity contribution in [2.45, 2.75) is 12.8 Å². The molecule has 0 aliphatic rings. The molecule has 0 radical (unpaired) electrons. The first-order chi connectivity index (χ1) is 11.6. The van der Waals surface area contributed by atoms with E-state index < -0.39 is 4.92 Å². The third-order valence-corrected chi connectivity index (χ3v) is 4.92. The summed E-state index contributed by atoms with van der Waals surface area (Å²) in [6.45, 7) is 2.55. The number of thiazole rings is 1. The number of para-hydroxylation sites is 1. The van der Waals surface area contributed by atoms with Crippen LogP contribution < -0.4 is 5.32 Å². The second-order valence-electron chi connectivity index (χ2n) is 5.40. The van der Waals surface area contributed by atoms with E-state index in [1.165, 1.54) is 6.07 Å². The Morgan fingerprint density at radius 3 is 2.88 bits per heavy atom. The number of nitro groups is 1. The molecule has 0 aliphatic heterocycles. The largest absolute Gasteiger partial charge is 0.379 e. The van der Waals surface area contributed by atoms with Crippen LogP contribution in [-0.4, -0.2) is 16.5 Å². The molecular weight excluding hydrogens is 324 g/mol. The molecule has 24 heavy (non-hydrogen) atoms. The molecule has 120 valence electrons. The van der Waals surface area contributed by atoms with Crippen molar-refractivity contribution in [2.24, 2.45) is 0 Å². The lowest BCUT2D eigenvalue weighted by atomic mass is 10.1. The van der Waals surface area contributed by atoms with Crippen LogP contribution in [0.15, 0.2) is 42.5 Å². The number of nitrogens with zero attached hydrogens (tertiary/aromatic N) is 3. The highest BCUT2D eigenvalue weighted by Crippen LogP contribution is 2.29. The van der Waals surface area contributed by atoms with Crippen molar-refractivity contribution in [1.82, 2.24) is 4.98 Å². The van der Waals surface area contributed by atoms with Gasteiger partial charge in [-0.2, -0.15) is 5.26 Å². The van der Waals surface area contributed by atoms with E-state index >= 15 is 0 Å². The number of nitro benzene ring substituents is 1. The molecule has 0 aliphatic carbocycles. The fraction of sp³-hybridized carbons (Fsp3) is 0.176. The Labute approximate surface area is 142 Å². The van der Waals surface area contributed by atoms with Gasteiger partial charge in [-0.15, -0.1) is 11.3 Å². The second-order valence-corrected chi connectivity index (χ2v) is 6.46. The van der Waals surface area contributed by atoms with E-state index in [1.807, 2.05) is 37.3 Å². The van der Waals surface area contributed by atoms with Gasteiger partial charge in [0.2, 0.25) is 0 Å². The highest BCUT2D eigenvalue weighted by molar-refractivity contribution is 7.18. The Morgan fingerprint density at radius 2 is 2.17 bits per heavy atom. The Bertz CT molecular complexity index is 912. The fourth-order valence-electron chi connectivity index (χ4n) is 2.35. The van der Waals surface area contributed by atoms with Crippen LogP contribution in [0.1, 0.15) is 23.4 Å². The molecule has 0 saturated heterocycles. The number of hydrogen-bond donors (Lipinski definition) is 1. The summed E-state index contributed by atoms with van der Waals surface area (Å²) >= 11 is 1.63. The number of benzene rings is 2. The lowest BCUT2D eigenvalue weighted by Gasteiger charge is -2.11. The molecule has 2 aromatic carbocycles. The molecule has 1 aromatic heterocycles. The maximum atomic E-state index is 11.2. The summed E-state index contributed by atoms with van der Waals surface area (Å²) in [5.74, 6) is 0.109. The van der Waals surface area contributed by atoms with Crippen LogP contribution in [0.5, 0.6) is 0 Å². The maximum Gasteiger partial charge on any atom is 0.293 e. The third-order valence-electron chi connectivity index (χ3n) is 3.65. The van der Waals surface area contributed by atoms with Gasteiger partial charge in [0.1, 0.15) is 5.69 Å². The Hall–Kier alpha value is -2.98. The van der Waals surface area contributed by atoms with E-state index in [-0.39, 0.29) is 17.2 Å². The zero-order valence-electron chi connectivity index (χ0n) is 12.9. The van der Waals surface area contributed by atoms with Crippen molar-refractivity contribution >= 4 is 32.9 Å². The number of hydrogen-bond acceptors (Lipinski definition) is 6. The number of fused-ring (bicyclic) bond motifs is 1. The van der Waals surface area contributed by atoms with Gasteiger partial charge in [-0.25, -0.2) is 4.98 Å². The molecule has 1 heterocycles. The van der Waals surface area contributed by atoms with Gasteiger partial charge in [0.15, 0.2) is 0 Å². The predicted octanol–water partition coefficient (Wildman–Crippen LogP) is 4.29. The summed E-state index contributed by atoms with van der Waals surface area (Å²) in [7, 11) is 0. The molecule has 1 N–H and O–H groups in total. The Balaban J connectivity index is 1.77. The SMILES string of the molecule is C[C@@H](CNc1ccc(C#N)cc1[N+](=O)[O-])c1nc2ccccc2s1. The first kappa shape index (κ1) is 15.9. The smallest absolute Gasteiger partial charge is 0.293 e. The number of anilines is 1. The summed E-state index contributed by atoms with van der Waals surface area (Å²) in [5, 5.41) is 24.1. The highest BCUT2D eigenvalue weighted by atomic mass is 32.1. The molecule has 1 atom stereocenters. The second kappa shape index (κ2) is 6.64. The van der Waals surface area contributed by atoms with E-state index in [9.17, 15) is 10.1 Å². The molecule has 0 bridgehead atoms. The summed E-state index contributed by atoms with van der Waals surface area (Å²) in [5.41, 5.74) is 1.55. The normalized spacial score (nSPS) is 11.8. The first-order valence-electron chi connectivity index (χ1n) is 7.36. The van der Waals surface area contributed by atoms with Crippen molar-refractivity contribution in [3.63, 3.8) is 0 Å². The summed E-state index contributed by atoms with van der Waals surface area (Å²) in [6, 6.07) is 14.3. The minimum Gasteiger partial charge on any atom is -0.379 e. The lowest BCUT2D eigenvalue weighted by Crippen LogP contribution is -2.11. The molecular formula is C17H14N4O2S. The van der Waals surface area contributed by atoms with Gasteiger partial charge in [-0.1, -0.05) is 19.1 Å². The first-order valence-corrected chi connectivity index (χ1v) is 8.18. The van der Waals surface area contributed by atoms with Crippen molar-refractivity contribution in [2.75, 3.05) is 11.9 Å². The fourth-order valence-corrected chi connectivity index (χ4v) is 3.37. The Kier molecular flexibility index (Phi) is 4.40. The third kappa shape index (κ3) is 3.19. The van der Waals surface area contributed by atoms with Crippen LogP contribution >= 0.6 is 11.3 Å². The van der Waals surface area contributed by atoms with Crippen LogP contribution in [-0.2, 0) is 0 Å². The van der Waals surface area contributed by atoms with E-state index in [0.717, 1.165) is 15.2 Å². The molecule has 0 fully saturated rings. The molecule has 3 rings (SSSR count). The van der Waals surface area contributed by atoms with Crippen molar-refractivity contribution in [1.29, 1.82) is 5.26 Å². The molecule has 0 spiro atoms. The van der Waals surface area contributed by atoms with Gasteiger partial charge >= 0.3 is 0 Å². The van der Waals surface area contributed by atoms with Crippen molar-refractivity contribution in [3.8, 4) is 6.07 Å². The van der Waals surface area contributed by atoms with Gasteiger partial charge < -0.3 is 5.32 Å². The van der Waals surface area contributed by atoms with E-state index in [1.54, 1.807) is 23.5 Å². The van der Waals surface area contributed by atoms with Crippen molar-refractivity contribution in [3.05, 3.63) is 63.1 Å². The van der Waals surface area contributed by atoms with Crippen LogP contribution in [0.3, 0.4) is 0 Å². The van der Waals surface area contributed by atoms with Gasteiger partial charge in [-0.3, -0.25) is 10.1 Å². The summed E-state index contributed by atoms with van der Waals surface area (Å²) in [4.78, 5) is 15.3. The van der Waals surface area contributed by atoms with Crippen molar-refractivity contribution < 1.29 is 4.92 Å². The monoisotopic (exact) mass is 338 g/mol. The predicted molar refractivity (Wildman–Crippen MR) is 94.3 cm³/mol. The number of nitriles is 1. The van der Waals surface area contributed by atoms with E-state index in [2.05, 4.69) is 10.3 Å². The molecule has 3 aromatic rings. The van der Waals surface area contributed by atoms with Crippen LogP contribution in [0.25, 0.3) is 10.2 Å². The molecule has 0 unspecified atom stereocenters. The molecule has 6 nitrogen and oxygen atoms in total. The van der Waals surface area contributed by atoms with Gasteiger partial charge in [0, 0.05) is 18.5 Å². The minimum atomic E-state index is -0.481. The quantitative estimate of drug-likeness (QED) is 0.553. The summed E-state index contributed by atoms with van der Waals surface area (Å²) in [6.07, 6.45) is 0. The lowest BCUT2D eigenvalue weighted by molar-refractivity contribution is -0.384. The zero-order chi connectivity index (χ0) is 17.1. The molecule has 0 amide bonds.